The van der Waals surface area contributed by atoms with Crippen LogP contribution in [0.4, 0.5) is 4.39 Å². The Morgan fingerprint density at radius 3 is 2.78 bits per heavy atom. The Morgan fingerprint density at radius 1 is 1.33 bits per heavy atom. The summed E-state index contributed by atoms with van der Waals surface area (Å²) in [5, 5.41) is 7.31. The van der Waals surface area contributed by atoms with Crippen LogP contribution in [-0.2, 0) is 0 Å². The van der Waals surface area contributed by atoms with Crippen molar-refractivity contribution >= 4 is 17.4 Å². The van der Waals surface area contributed by atoms with Crippen molar-refractivity contribution in [3.8, 4) is 11.6 Å². The Hall–Kier alpha value is -2.14. The monoisotopic (exact) mass is 265 g/mol. The molecule has 0 radical (unpaired) electrons. The quantitative estimate of drug-likeness (QED) is 0.662. The number of rotatable bonds is 3. The number of nitrogens with one attached hydrogen (secondary N) is 1. The molecule has 0 aliphatic heterocycles. The van der Waals surface area contributed by atoms with Crippen molar-refractivity contribution in [1.29, 1.82) is 5.41 Å². The highest BCUT2D eigenvalue weighted by Gasteiger charge is 2.05. The molecule has 2 rings (SSSR count). The average Bonchev–Trinajstić information content (AvgIpc) is 2.34. The predicted molar refractivity (Wildman–Crippen MR) is 66.7 cm³/mol. The zero-order chi connectivity index (χ0) is 13.1. The number of amidine groups is 1. The van der Waals surface area contributed by atoms with Crippen LogP contribution in [0, 0.1) is 11.2 Å². The lowest BCUT2D eigenvalue weighted by atomic mass is 10.2. The second kappa shape index (κ2) is 5.01. The molecule has 4 nitrogen and oxygen atoms in total. The third-order valence-electron chi connectivity index (χ3n) is 2.16. The first-order valence-corrected chi connectivity index (χ1v) is 5.37. The van der Waals surface area contributed by atoms with Gasteiger partial charge in [-0.05, 0) is 18.2 Å². The summed E-state index contributed by atoms with van der Waals surface area (Å²) in [6.07, 6.45) is 1.46. The van der Waals surface area contributed by atoms with Gasteiger partial charge in [-0.3, -0.25) is 5.41 Å². The third-order valence-corrected chi connectivity index (χ3v) is 2.47. The molecule has 3 N–H and O–H groups in total. The maximum atomic E-state index is 13.2. The van der Waals surface area contributed by atoms with Crippen LogP contribution in [0.2, 0.25) is 5.02 Å². The Kier molecular flexibility index (Phi) is 3.43. The van der Waals surface area contributed by atoms with E-state index in [0.29, 0.717) is 5.56 Å². The molecule has 2 aromatic rings. The second-order valence-electron chi connectivity index (χ2n) is 3.47. The average molecular weight is 266 g/mol. The van der Waals surface area contributed by atoms with Crippen LogP contribution in [-0.4, -0.2) is 10.8 Å². The molecule has 1 aromatic heterocycles. The Bertz CT molecular complexity index is 604. The summed E-state index contributed by atoms with van der Waals surface area (Å²) in [6, 6.07) is 7.14. The van der Waals surface area contributed by atoms with Crippen molar-refractivity contribution in [3.63, 3.8) is 0 Å². The van der Waals surface area contributed by atoms with Crippen molar-refractivity contribution in [2.24, 2.45) is 5.73 Å². The highest BCUT2D eigenvalue weighted by molar-refractivity contribution is 6.30. The van der Waals surface area contributed by atoms with Crippen molar-refractivity contribution in [2.75, 3.05) is 0 Å². The zero-order valence-electron chi connectivity index (χ0n) is 9.15. The summed E-state index contributed by atoms with van der Waals surface area (Å²) in [7, 11) is 0. The van der Waals surface area contributed by atoms with Gasteiger partial charge in [-0.25, -0.2) is 9.37 Å². The summed E-state index contributed by atoms with van der Waals surface area (Å²) >= 11 is 5.56. The van der Waals surface area contributed by atoms with Crippen LogP contribution in [0.1, 0.15) is 5.56 Å². The van der Waals surface area contributed by atoms with Gasteiger partial charge in [-0.1, -0.05) is 11.6 Å². The van der Waals surface area contributed by atoms with Gasteiger partial charge in [-0.15, -0.1) is 0 Å². The molecule has 18 heavy (non-hydrogen) atoms. The molecule has 0 amide bonds. The number of ether oxygens (including phenoxy) is 1. The fourth-order valence-electron chi connectivity index (χ4n) is 1.29. The molecule has 0 unspecified atom stereocenters. The summed E-state index contributed by atoms with van der Waals surface area (Å²) in [5.74, 6) is -0.170. The summed E-state index contributed by atoms with van der Waals surface area (Å²) in [6.45, 7) is 0. The maximum absolute atomic E-state index is 13.2. The van der Waals surface area contributed by atoms with Gasteiger partial charge < -0.3 is 10.5 Å². The highest BCUT2D eigenvalue weighted by atomic mass is 35.5. The normalized spacial score (nSPS) is 10.1. The smallest absolute Gasteiger partial charge is 0.219 e. The van der Waals surface area contributed by atoms with E-state index in [-0.39, 0.29) is 22.5 Å². The fourth-order valence-corrected chi connectivity index (χ4v) is 1.41. The second-order valence-corrected chi connectivity index (χ2v) is 3.88. The van der Waals surface area contributed by atoms with Crippen LogP contribution in [0.15, 0.2) is 36.5 Å². The number of nitrogens with zero attached hydrogens (tertiary/aromatic N) is 1. The van der Waals surface area contributed by atoms with E-state index in [2.05, 4.69) is 4.98 Å². The largest absolute Gasteiger partial charge is 0.439 e. The minimum atomic E-state index is -0.572. The molecule has 1 aromatic carbocycles. The van der Waals surface area contributed by atoms with E-state index in [0.717, 1.165) is 6.07 Å². The highest BCUT2D eigenvalue weighted by Crippen LogP contribution is 2.24. The van der Waals surface area contributed by atoms with Gasteiger partial charge in [0.2, 0.25) is 5.88 Å². The van der Waals surface area contributed by atoms with Crippen LogP contribution in [0.5, 0.6) is 11.6 Å². The molecule has 0 bridgehead atoms. The van der Waals surface area contributed by atoms with Gasteiger partial charge in [-0.2, -0.15) is 0 Å². The molecule has 0 atom stereocenters. The van der Waals surface area contributed by atoms with Crippen molar-refractivity contribution in [2.45, 2.75) is 0 Å². The Balaban J connectivity index is 2.25. The van der Waals surface area contributed by atoms with E-state index in [9.17, 15) is 4.39 Å². The number of aromatic nitrogens is 1. The van der Waals surface area contributed by atoms with Gasteiger partial charge >= 0.3 is 0 Å². The van der Waals surface area contributed by atoms with Gasteiger partial charge in [0.25, 0.3) is 0 Å². The first-order chi connectivity index (χ1) is 8.56. The Labute approximate surface area is 108 Å². The standard InChI is InChI=1S/C12H9ClFN3O/c13-9-2-1-8(6-10(9)14)18-11-5-7(12(15)16)3-4-17-11/h1-6H,(H3,15,16). The minimum Gasteiger partial charge on any atom is -0.439 e. The minimum absolute atomic E-state index is 0.0211. The number of hydrogen-bond acceptors (Lipinski definition) is 3. The summed E-state index contributed by atoms with van der Waals surface area (Å²) in [4.78, 5) is 3.94. The zero-order valence-corrected chi connectivity index (χ0v) is 9.91. The number of hydrogen-bond donors (Lipinski definition) is 2. The van der Waals surface area contributed by atoms with Gasteiger partial charge in [0, 0.05) is 23.9 Å². The lowest BCUT2D eigenvalue weighted by molar-refractivity contribution is 0.458. The van der Waals surface area contributed by atoms with Crippen LogP contribution >= 0.6 is 11.6 Å². The van der Waals surface area contributed by atoms with Crippen molar-refractivity contribution in [3.05, 3.63) is 52.9 Å². The number of nitrogen functional groups attached to an aromatic ring is 1. The maximum Gasteiger partial charge on any atom is 0.219 e. The first-order valence-electron chi connectivity index (χ1n) is 4.99. The molecule has 0 fully saturated rings. The van der Waals surface area contributed by atoms with Gasteiger partial charge in [0.15, 0.2) is 0 Å². The molecule has 0 saturated heterocycles. The number of nitrogens with two attached hydrogens (primary N) is 1. The number of halogens is 2. The third kappa shape index (κ3) is 2.75. The van der Waals surface area contributed by atoms with Crippen molar-refractivity contribution < 1.29 is 9.13 Å². The SMILES string of the molecule is N=C(N)c1ccnc(Oc2ccc(Cl)c(F)c2)c1. The topological polar surface area (TPSA) is 72.0 Å². The van der Waals surface area contributed by atoms with E-state index < -0.39 is 5.82 Å². The molecule has 0 aliphatic rings. The lowest BCUT2D eigenvalue weighted by Crippen LogP contribution is -2.11. The van der Waals surface area contributed by atoms with E-state index in [1.807, 2.05) is 0 Å². The predicted octanol–water partition coefficient (Wildman–Crippen LogP) is 2.95. The molecule has 0 aliphatic carbocycles. The van der Waals surface area contributed by atoms with Crippen LogP contribution in [0.25, 0.3) is 0 Å². The van der Waals surface area contributed by atoms with E-state index >= 15 is 0 Å². The van der Waals surface area contributed by atoms with Crippen LogP contribution < -0.4 is 10.5 Å². The van der Waals surface area contributed by atoms with E-state index in [4.69, 9.17) is 27.5 Å². The van der Waals surface area contributed by atoms with Gasteiger partial charge in [0.05, 0.1) is 5.02 Å². The molecule has 0 saturated carbocycles. The molecule has 6 heteroatoms. The fraction of sp³-hybridized carbons (Fsp3) is 0. The first kappa shape index (κ1) is 12.3. The molecule has 1 heterocycles. The number of pyridine rings is 1. The van der Waals surface area contributed by atoms with E-state index in [1.54, 1.807) is 6.07 Å². The molecule has 92 valence electrons. The van der Waals surface area contributed by atoms with E-state index in [1.165, 1.54) is 24.4 Å². The lowest BCUT2D eigenvalue weighted by Gasteiger charge is -2.06. The number of benzene rings is 1. The Morgan fingerprint density at radius 2 is 2.11 bits per heavy atom. The molecule has 0 spiro atoms. The van der Waals surface area contributed by atoms with Crippen molar-refractivity contribution in [1.82, 2.24) is 4.98 Å². The van der Waals surface area contributed by atoms with Gasteiger partial charge in [0.1, 0.15) is 17.4 Å². The van der Waals surface area contributed by atoms with Crippen LogP contribution in [0.3, 0.4) is 0 Å². The molecular formula is C12H9ClFN3O. The summed E-state index contributed by atoms with van der Waals surface area (Å²) < 4.78 is 18.5. The molecular weight excluding hydrogens is 257 g/mol. The summed E-state index contributed by atoms with van der Waals surface area (Å²) in [5.41, 5.74) is 5.82.